The third-order valence-corrected chi connectivity index (χ3v) is 4.35. The molecule has 0 amide bonds. The maximum atomic E-state index is 5.77. The van der Waals surface area contributed by atoms with Gasteiger partial charge in [-0.3, -0.25) is 0 Å². The Morgan fingerprint density at radius 1 is 1.10 bits per heavy atom. The number of hydrogen-bond acceptors (Lipinski definition) is 3. The minimum atomic E-state index is 0.141. The Morgan fingerprint density at radius 2 is 1.80 bits per heavy atom. The minimum Gasteiger partial charge on any atom is -0.488 e. The summed E-state index contributed by atoms with van der Waals surface area (Å²) >= 11 is 5.16. The van der Waals surface area contributed by atoms with Crippen LogP contribution in [0.5, 0.6) is 5.75 Å². The highest BCUT2D eigenvalue weighted by molar-refractivity contribution is 9.11. The molecule has 2 rings (SSSR count). The second-order valence-corrected chi connectivity index (χ2v) is 8.29. The van der Waals surface area contributed by atoms with Crippen LogP contribution < -0.4 is 10.1 Å². The van der Waals surface area contributed by atoms with Crippen molar-refractivity contribution in [1.82, 2.24) is 5.32 Å². The Hall–Kier alpha value is -0.840. The van der Waals surface area contributed by atoms with Crippen molar-refractivity contribution in [3.05, 3.63) is 50.6 Å². The molecule has 4 heteroatoms. The second kappa shape index (κ2) is 6.74. The van der Waals surface area contributed by atoms with E-state index in [-0.39, 0.29) is 5.54 Å². The highest BCUT2D eigenvalue weighted by Gasteiger charge is 2.08. The summed E-state index contributed by atoms with van der Waals surface area (Å²) in [6.45, 7) is 8.01. The van der Waals surface area contributed by atoms with Crippen molar-refractivity contribution in [2.45, 2.75) is 39.5 Å². The van der Waals surface area contributed by atoms with Crippen molar-refractivity contribution in [3.63, 3.8) is 0 Å². The Balaban J connectivity index is 1.85. The fourth-order valence-electron chi connectivity index (χ4n) is 1.65. The average Bonchev–Trinajstić information content (AvgIpc) is 2.80. The molecule has 1 heterocycles. The zero-order valence-corrected chi connectivity index (χ0v) is 14.5. The summed E-state index contributed by atoms with van der Waals surface area (Å²) in [6, 6.07) is 12.4. The van der Waals surface area contributed by atoms with Crippen molar-refractivity contribution < 1.29 is 4.74 Å². The van der Waals surface area contributed by atoms with E-state index in [1.807, 2.05) is 18.2 Å². The molecule has 1 aromatic heterocycles. The maximum absolute atomic E-state index is 5.77. The third-order valence-electron chi connectivity index (χ3n) is 2.76. The Labute approximate surface area is 133 Å². The number of ether oxygens (including phenoxy) is 1. The first-order valence-corrected chi connectivity index (χ1v) is 8.24. The van der Waals surface area contributed by atoms with E-state index in [1.165, 1.54) is 10.4 Å². The van der Waals surface area contributed by atoms with Gasteiger partial charge in [0.2, 0.25) is 0 Å². The van der Waals surface area contributed by atoms with E-state index in [1.54, 1.807) is 11.3 Å². The number of nitrogens with one attached hydrogen (secondary N) is 1. The van der Waals surface area contributed by atoms with Crippen LogP contribution in [-0.4, -0.2) is 5.54 Å². The van der Waals surface area contributed by atoms with E-state index in [9.17, 15) is 0 Å². The second-order valence-electron chi connectivity index (χ2n) is 5.74. The molecule has 108 valence electrons. The van der Waals surface area contributed by atoms with Gasteiger partial charge in [0.15, 0.2) is 0 Å². The number of hydrogen-bond donors (Lipinski definition) is 1. The molecule has 0 bridgehead atoms. The van der Waals surface area contributed by atoms with E-state index in [4.69, 9.17) is 4.74 Å². The smallest absolute Gasteiger partial charge is 0.122 e. The number of thiophene rings is 1. The standard InChI is InChI=1S/C16H20BrNOS/c1-16(2,3)18-10-12-4-6-13(7-5-12)19-11-14-8-9-15(17)20-14/h4-9,18H,10-11H2,1-3H3. The molecule has 1 N–H and O–H groups in total. The van der Waals surface area contributed by atoms with Gasteiger partial charge in [0.25, 0.3) is 0 Å². The van der Waals surface area contributed by atoms with Gasteiger partial charge in [-0.15, -0.1) is 11.3 Å². The van der Waals surface area contributed by atoms with Gasteiger partial charge in [0.05, 0.1) is 3.79 Å². The summed E-state index contributed by atoms with van der Waals surface area (Å²) in [4.78, 5) is 1.22. The number of benzene rings is 1. The average molecular weight is 354 g/mol. The summed E-state index contributed by atoms with van der Waals surface area (Å²) in [7, 11) is 0. The molecule has 20 heavy (non-hydrogen) atoms. The van der Waals surface area contributed by atoms with Crippen molar-refractivity contribution >= 4 is 27.3 Å². The van der Waals surface area contributed by atoms with Gasteiger partial charge in [-0.2, -0.15) is 0 Å². The molecular formula is C16H20BrNOS. The van der Waals surface area contributed by atoms with Crippen LogP contribution in [0, 0.1) is 0 Å². The Kier molecular flexibility index (Phi) is 5.24. The van der Waals surface area contributed by atoms with Crippen LogP contribution in [0.3, 0.4) is 0 Å². The van der Waals surface area contributed by atoms with Gasteiger partial charge in [-0.05, 0) is 66.5 Å². The van der Waals surface area contributed by atoms with Gasteiger partial charge in [0, 0.05) is 17.0 Å². The molecule has 0 aliphatic carbocycles. The van der Waals surface area contributed by atoms with Crippen LogP contribution in [0.15, 0.2) is 40.2 Å². The van der Waals surface area contributed by atoms with Crippen LogP contribution in [0.25, 0.3) is 0 Å². The van der Waals surface area contributed by atoms with Gasteiger partial charge in [0.1, 0.15) is 12.4 Å². The molecule has 0 atom stereocenters. The van der Waals surface area contributed by atoms with Crippen LogP contribution in [0.2, 0.25) is 0 Å². The van der Waals surface area contributed by atoms with Crippen LogP contribution in [-0.2, 0) is 13.2 Å². The van der Waals surface area contributed by atoms with Crippen LogP contribution >= 0.6 is 27.3 Å². The van der Waals surface area contributed by atoms with Crippen molar-refractivity contribution in [2.75, 3.05) is 0 Å². The van der Waals surface area contributed by atoms with Crippen molar-refractivity contribution in [1.29, 1.82) is 0 Å². The third kappa shape index (κ3) is 5.27. The highest BCUT2D eigenvalue weighted by atomic mass is 79.9. The zero-order valence-electron chi connectivity index (χ0n) is 12.1. The van der Waals surface area contributed by atoms with E-state index in [0.29, 0.717) is 6.61 Å². The molecule has 0 unspecified atom stereocenters. The zero-order chi connectivity index (χ0) is 14.6. The van der Waals surface area contributed by atoms with E-state index in [0.717, 1.165) is 16.1 Å². The number of halogens is 1. The van der Waals surface area contributed by atoms with Crippen molar-refractivity contribution in [2.24, 2.45) is 0 Å². The lowest BCUT2D eigenvalue weighted by Crippen LogP contribution is -2.34. The highest BCUT2D eigenvalue weighted by Crippen LogP contribution is 2.23. The molecule has 1 aromatic carbocycles. The minimum absolute atomic E-state index is 0.141. The molecule has 2 nitrogen and oxygen atoms in total. The Morgan fingerprint density at radius 3 is 2.35 bits per heavy atom. The largest absolute Gasteiger partial charge is 0.488 e. The predicted octanol–water partition coefficient (Wildman–Crippen LogP) is 4.98. The summed E-state index contributed by atoms with van der Waals surface area (Å²) in [5.41, 5.74) is 1.41. The topological polar surface area (TPSA) is 21.3 Å². The Bertz CT molecular complexity index is 542. The van der Waals surface area contributed by atoms with Gasteiger partial charge in [-0.25, -0.2) is 0 Å². The first-order chi connectivity index (χ1) is 9.42. The molecule has 0 radical (unpaired) electrons. The van der Waals surface area contributed by atoms with E-state index in [2.05, 4.69) is 60.2 Å². The summed E-state index contributed by atoms with van der Waals surface area (Å²) < 4.78 is 6.91. The molecular weight excluding hydrogens is 334 g/mol. The van der Waals surface area contributed by atoms with Crippen molar-refractivity contribution in [3.8, 4) is 5.75 Å². The fourth-order valence-corrected chi connectivity index (χ4v) is 3.05. The molecule has 2 aromatic rings. The molecule has 0 aliphatic rings. The lowest BCUT2D eigenvalue weighted by atomic mass is 10.1. The lowest BCUT2D eigenvalue weighted by molar-refractivity contribution is 0.309. The van der Waals surface area contributed by atoms with Gasteiger partial charge in [-0.1, -0.05) is 12.1 Å². The monoisotopic (exact) mass is 353 g/mol. The molecule has 0 fully saturated rings. The van der Waals surface area contributed by atoms with Crippen LogP contribution in [0.4, 0.5) is 0 Å². The summed E-state index contributed by atoms with van der Waals surface area (Å²) in [6.07, 6.45) is 0. The molecule has 0 aliphatic heterocycles. The van der Waals surface area contributed by atoms with Gasteiger partial charge >= 0.3 is 0 Å². The fraction of sp³-hybridized carbons (Fsp3) is 0.375. The molecule has 0 saturated heterocycles. The molecule has 0 saturated carbocycles. The summed E-state index contributed by atoms with van der Waals surface area (Å²) in [5, 5.41) is 3.47. The normalized spacial score (nSPS) is 11.6. The first-order valence-electron chi connectivity index (χ1n) is 6.63. The lowest BCUT2D eigenvalue weighted by Gasteiger charge is -2.20. The maximum Gasteiger partial charge on any atom is 0.122 e. The summed E-state index contributed by atoms with van der Waals surface area (Å²) in [5.74, 6) is 0.911. The van der Waals surface area contributed by atoms with E-state index < -0.39 is 0 Å². The van der Waals surface area contributed by atoms with Crippen LogP contribution in [0.1, 0.15) is 31.2 Å². The van der Waals surface area contributed by atoms with Gasteiger partial charge < -0.3 is 10.1 Å². The van der Waals surface area contributed by atoms with E-state index >= 15 is 0 Å². The quantitative estimate of drug-likeness (QED) is 0.818. The predicted molar refractivity (Wildman–Crippen MR) is 89.4 cm³/mol. The number of rotatable bonds is 5. The SMILES string of the molecule is CC(C)(C)NCc1ccc(OCc2ccc(Br)s2)cc1. The first kappa shape index (κ1) is 15.5. The molecule has 0 spiro atoms.